The molecule has 1 unspecified atom stereocenters. The van der Waals surface area contributed by atoms with Crippen LogP contribution in [-0.4, -0.2) is 42.2 Å². The minimum absolute atomic E-state index is 0.00586. The van der Waals surface area contributed by atoms with Crippen LogP contribution in [0.4, 0.5) is 0 Å². The molecule has 2 heterocycles. The lowest BCUT2D eigenvalue weighted by Gasteiger charge is -2.43. The maximum absolute atomic E-state index is 5.96. The molecule has 2 N–H and O–H groups in total. The number of ether oxygens (including phenoxy) is 1. The smallest absolute Gasteiger partial charge is 0.0662 e. The molecule has 0 aromatic carbocycles. The van der Waals surface area contributed by atoms with Gasteiger partial charge in [-0.05, 0) is 31.5 Å². The zero-order chi connectivity index (χ0) is 12.1. The Morgan fingerprint density at radius 1 is 1.59 bits per heavy atom. The highest BCUT2D eigenvalue weighted by molar-refractivity contribution is 5.09. The van der Waals surface area contributed by atoms with Crippen LogP contribution >= 0.6 is 0 Å². The van der Waals surface area contributed by atoms with Crippen molar-refractivity contribution in [2.75, 3.05) is 26.8 Å². The minimum atomic E-state index is -0.00586. The van der Waals surface area contributed by atoms with Crippen molar-refractivity contribution < 1.29 is 4.74 Å². The second-order valence-electron chi connectivity index (χ2n) is 4.80. The van der Waals surface area contributed by atoms with Gasteiger partial charge >= 0.3 is 0 Å². The fourth-order valence-corrected chi connectivity index (χ4v) is 2.39. The summed E-state index contributed by atoms with van der Waals surface area (Å²) in [4.78, 5) is 6.45. The number of hydrogen-bond acceptors (Lipinski definition) is 4. The first-order valence-electron chi connectivity index (χ1n) is 6.15. The highest BCUT2D eigenvalue weighted by Crippen LogP contribution is 2.25. The van der Waals surface area contributed by atoms with Crippen molar-refractivity contribution in [2.24, 2.45) is 5.73 Å². The second kappa shape index (κ2) is 5.58. The molecule has 0 saturated carbocycles. The molecular weight excluding hydrogens is 214 g/mol. The summed E-state index contributed by atoms with van der Waals surface area (Å²) in [5.74, 6) is 0. The van der Waals surface area contributed by atoms with Gasteiger partial charge in [0, 0.05) is 32.1 Å². The number of aromatic nitrogens is 1. The molecule has 94 valence electrons. The van der Waals surface area contributed by atoms with Crippen molar-refractivity contribution in [3.8, 4) is 0 Å². The van der Waals surface area contributed by atoms with E-state index in [0.29, 0.717) is 6.54 Å². The first-order valence-corrected chi connectivity index (χ1v) is 6.15. The van der Waals surface area contributed by atoms with Crippen LogP contribution in [0.1, 0.15) is 18.4 Å². The average Bonchev–Trinajstić information content (AvgIpc) is 2.40. The zero-order valence-electron chi connectivity index (χ0n) is 10.4. The predicted octanol–water partition coefficient (Wildman–Crippen LogP) is 1.02. The van der Waals surface area contributed by atoms with E-state index in [1.165, 1.54) is 5.56 Å². The molecule has 0 aliphatic carbocycles. The van der Waals surface area contributed by atoms with Crippen molar-refractivity contribution in [2.45, 2.75) is 24.9 Å². The third-order valence-electron chi connectivity index (χ3n) is 3.63. The van der Waals surface area contributed by atoms with E-state index in [2.05, 4.69) is 23.0 Å². The fraction of sp³-hybridized carbons (Fsp3) is 0.615. The molecule has 0 radical (unpaired) electrons. The van der Waals surface area contributed by atoms with Crippen molar-refractivity contribution in [1.82, 2.24) is 9.88 Å². The summed E-state index contributed by atoms with van der Waals surface area (Å²) in [7, 11) is 2.12. The summed E-state index contributed by atoms with van der Waals surface area (Å²) in [5.41, 5.74) is 7.17. The van der Waals surface area contributed by atoms with Crippen LogP contribution in [0.2, 0.25) is 0 Å². The topological polar surface area (TPSA) is 51.4 Å². The number of nitrogens with two attached hydrogens (primary N) is 1. The van der Waals surface area contributed by atoms with E-state index < -0.39 is 0 Å². The van der Waals surface area contributed by atoms with Gasteiger partial charge in [0.25, 0.3) is 0 Å². The van der Waals surface area contributed by atoms with E-state index in [0.717, 1.165) is 32.6 Å². The maximum atomic E-state index is 5.96. The van der Waals surface area contributed by atoms with E-state index in [4.69, 9.17) is 10.5 Å². The van der Waals surface area contributed by atoms with Gasteiger partial charge in [0.1, 0.15) is 0 Å². The Labute approximate surface area is 103 Å². The Morgan fingerprint density at radius 2 is 2.47 bits per heavy atom. The fourth-order valence-electron chi connectivity index (χ4n) is 2.39. The molecule has 2 rings (SSSR count). The lowest BCUT2D eigenvalue weighted by atomic mass is 9.90. The Bertz CT molecular complexity index is 336. The molecule has 0 bridgehead atoms. The van der Waals surface area contributed by atoms with Crippen LogP contribution in [0, 0.1) is 0 Å². The van der Waals surface area contributed by atoms with E-state index >= 15 is 0 Å². The summed E-state index contributed by atoms with van der Waals surface area (Å²) in [6.45, 7) is 3.11. The number of hydrogen-bond donors (Lipinski definition) is 1. The molecular formula is C13H21N3O. The van der Waals surface area contributed by atoms with Crippen molar-refractivity contribution in [1.29, 1.82) is 0 Å². The van der Waals surface area contributed by atoms with E-state index in [-0.39, 0.29) is 5.54 Å². The van der Waals surface area contributed by atoms with Gasteiger partial charge in [0.05, 0.1) is 12.1 Å². The van der Waals surface area contributed by atoms with Crippen LogP contribution < -0.4 is 5.73 Å². The van der Waals surface area contributed by atoms with Crippen LogP contribution in [0.25, 0.3) is 0 Å². The van der Waals surface area contributed by atoms with Crippen LogP contribution in [0.3, 0.4) is 0 Å². The molecule has 1 fully saturated rings. The van der Waals surface area contributed by atoms with E-state index in [9.17, 15) is 0 Å². The zero-order valence-corrected chi connectivity index (χ0v) is 10.4. The number of nitrogens with zero attached hydrogens (tertiary/aromatic N) is 2. The molecule has 1 aromatic rings. The highest BCUT2D eigenvalue weighted by atomic mass is 16.5. The van der Waals surface area contributed by atoms with Gasteiger partial charge in [-0.3, -0.25) is 9.88 Å². The van der Waals surface area contributed by atoms with Gasteiger partial charge in [0.15, 0.2) is 0 Å². The molecule has 4 heteroatoms. The van der Waals surface area contributed by atoms with E-state index in [1.807, 2.05) is 12.3 Å². The average molecular weight is 235 g/mol. The Kier molecular flexibility index (Phi) is 4.10. The third kappa shape index (κ3) is 2.83. The van der Waals surface area contributed by atoms with Gasteiger partial charge in [-0.1, -0.05) is 6.07 Å². The molecule has 1 aliphatic heterocycles. The number of rotatable bonds is 4. The summed E-state index contributed by atoms with van der Waals surface area (Å²) in [5, 5.41) is 0. The number of pyridine rings is 1. The van der Waals surface area contributed by atoms with Crippen molar-refractivity contribution in [3.63, 3.8) is 0 Å². The first-order chi connectivity index (χ1) is 8.27. The molecule has 17 heavy (non-hydrogen) atoms. The normalized spacial score (nSPS) is 25.1. The van der Waals surface area contributed by atoms with Crippen LogP contribution in [-0.2, 0) is 11.3 Å². The molecule has 1 atom stereocenters. The monoisotopic (exact) mass is 235 g/mol. The molecule has 0 spiro atoms. The first kappa shape index (κ1) is 12.5. The van der Waals surface area contributed by atoms with Gasteiger partial charge in [-0.25, -0.2) is 0 Å². The summed E-state index contributed by atoms with van der Waals surface area (Å²) < 4.78 is 5.60. The van der Waals surface area contributed by atoms with Gasteiger partial charge in [0.2, 0.25) is 0 Å². The van der Waals surface area contributed by atoms with Gasteiger partial charge < -0.3 is 10.5 Å². The predicted molar refractivity (Wildman–Crippen MR) is 67.5 cm³/mol. The van der Waals surface area contributed by atoms with Gasteiger partial charge in [-0.15, -0.1) is 0 Å². The van der Waals surface area contributed by atoms with E-state index in [1.54, 1.807) is 6.20 Å². The molecule has 0 amide bonds. The summed E-state index contributed by atoms with van der Waals surface area (Å²) in [6.07, 6.45) is 5.91. The maximum Gasteiger partial charge on any atom is 0.0662 e. The highest BCUT2D eigenvalue weighted by Gasteiger charge is 2.35. The Morgan fingerprint density at radius 3 is 3.06 bits per heavy atom. The summed E-state index contributed by atoms with van der Waals surface area (Å²) in [6, 6.07) is 4.06. The van der Waals surface area contributed by atoms with Gasteiger partial charge in [-0.2, -0.15) is 0 Å². The molecule has 4 nitrogen and oxygen atoms in total. The molecule has 1 aromatic heterocycles. The van der Waals surface area contributed by atoms with Crippen molar-refractivity contribution in [3.05, 3.63) is 30.1 Å². The SMILES string of the molecule is CN(Cc1cccnc1)C1(CN)CCCOC1. The molecule has 1 aliphatic rings. The quantitative estimate of drug-likeness (QED) is 0.846. The second-order valence-corrected chi connectivity index (χ2v) is 4.80. The standard InChI is InChI=1S/C13H21N3O/c1-16(9-12-4-2-6-15-8-12)13(10-14)5-3-7-17-11-13/h2,4,6,8H,3,5,7,9-11,14H2,1H3. The van der Waals surface area contributed by atoms with Crippen LogP contribution in [0.15, 0.2) is 24.5 Å². The largest absolute Gasteiger partial charge is 0.379 e. The van der Waals surface area contributed by atoms with Crippen molar-refractivity contribution >= 4 is 0 Å². The Hall–Kier alpha value is -0.970. The third-order valence-corrected chi connectivity index (χ3v) is 3.63. The lowest BCUT2D eigenvalue weighted by Crippen LogP contribution is -2.56. The summed E-state index contributed by atoms with van der Waals surface area (Å²) >= 11 is 0. The minimum Gasteiger partial charge on any atom is -0.379 e. The number of likely N-dealkylation sites (N-methyl/N-ethyl adjacent to an activating group) is 1. The lowest BCUT2D eigenvalue weighted by molar-refractivity contribution is -0.0375. The Balaban J connectivity index is 2.04. The van der Waals surface area contributed by atoms with Crippen LogP contribution in [0.5, 0.6) is 0 Å². The molecule has 1 saturated heterocycles.